The van der Waals surface area contributed by atoms with E-state index in [0.717, 1.165) is 25.9 Å². The monoisotopic (exact) mass is 317 g/mol. The molecular weight excluding hydrogens is 301 g/mol. The Bertz CT molecular complexity index is 462. The first-order chi connectivity index (χ1) is 9.65. The average Bonchev–Trinajstić information content (AvgIpc) is 2.93. The lowest BCUT2D eigenvalue weighted by atomic mass is 10.2. The van der Waals surface area contributed by atoms with Crippen LogP contribution >= 0.6 is 23.2 Å². The molecule has 0 radical (unpaired) electrons. The highest BCUT2D eigenvalue weighted by Gasteiger charge is 2.15. The Kier molecular flexibility index (Phi) is 5.95. The molecule has 6 heteroatoms. The van der Waals surface area contributed by atoms with Gasteiger partial charge in [-0.15, -0.1) is 0 Å². The summed E-state index contributed by atoms with van der Waals surface area (Å²) in [6, 6.07) is 4.89. The number of nitrogens with one attached hydrogen (secondary N) is 1. The normalized spacial score (nSPS) is 18.0. The van der Waals surface area contributed by atoms with Gasteiger partial charge in [0.1, 0.15) is 5.75 Å². The second-order valence-electron chi connectivity index (χ2n) is 4.64. The molecule has 1 amide bonds. The highest BCUT2D eigenvalue weighted by Crippen LogP contribution is 2.26. The maximum atomic E-state index is 11.6. The van der Waals surface area contributed by atoms with Crippen molar-refractivity contribution in [3.05, 3.63) is 28.2 Å². The fourth-order valence-electron chi connectivity index (χ4n) is 2.01. The molecule has 0 aromatic heterocycles. The fourth-order valence-corrected chi connectivity index (χ4v) is 2.30. The SMILES string of the molecule is O=C(COc1ccc(Cl)c(Cl)c1)NCCC1CCCO1. The summed E-state index contributed by atoms with van der Waals surface area (Å²) in [6.07, 6.45) is 3.32. The molecule has 1 aromatic carbocycles. The Labute approximate surface area is 128 Å². The minimum Gasteiger partial charge on any atom is -0.484 e. The Hall–Kier alpha value is -0.970. The summed E-state index contributed by atoms with van der Waals surface area (Å²) in [6.45, 7) is 1.40. The Balaban J connectivity index is 1.65. The van der Waals surface area contributed by atoms with Gasteiger partial charge in [0.15, 0.2) is 6.61 Å². The molecule has 1 atom stereocenters. The Morgan fingerprint density at radius 3 is 2.95 bits per heavy atom. The molecule has 1 heterocycles. The lowest BCUT2D eigenvalue weighted by Crippen LogP contribution is -2.31. The van der Waals surface area contributed by atoms with Gasteiger partial charge in [0, 0.05) is 19.2 Å². The van der Waals surface area contributed by atoms with Crippen LogP contribution in [0.3, 0.4) is 0 Å². The maximum Gasteiger partial charge on any atom is 0.257 e. The molecule has 110 valence electrons. The van der Waals surface area contributed by atoms with Crippen LogP contribution in [0.25, 0.3) is 0 Å². The van der Waals surface area contributed by atoms with Crippen molar-refractivity contribution < 1.29 is 14.3 Å². The quantitative estimate of drug-likeness (QED) is 0.877. The fraction of sp³-hybridized carbons (Fsp3) is 0.500. The van der Waals surface area contributed by atoms with Gasteiger partial charge in [-0.25, -0.2) is 0 Å². The highest BCUT2D eigenvalue weighted by atomic mass is 35.5. The van der Waals surface area contributed by atoms with Gasteiger partial charge in [-0.1, -0.05) is 23.2 Å². The van der Waals surface area contributed by atoms with E-state index >= 15 is 0 Å². The summed E-state index contributed by atoms with van der Waals surface area (Å²) in [5, 5.41) is 3.67. The first kappa shape index (κ1) is 15.4. The van der Waals surface area contributed by atoms with Crippen LogP contribution in [0, 0.1) is 0 Å². The smallest absolute Gasteiger partial charge is 0.257 e. The van der Waals surface area contributed by atoms with Crippen molar-refractivity contribution in [1.29, 1.82) is 0 Å². The minimum atomic E-state index is -0.158. The standard InChI is InChI=1S/C14H17Cl2NO3/c15-12-4-3-11(8-13(12)16)20-9-14(18)17-6-5-10-2-1-7-19-10/h3-4,8,10H,1-2,5-7,9H2,(H,17,18). The molecule has 1 N–H and O–H groups in total. The number of hydrogen-bond donors (Lipinski definition) is 1. The molecule has 2 rings (SSSR count). The summed E-state index contributed by atoms with van der Waals surface area (Å²) in [5.41, 5.74) is 0. The molecule has 0 aliphatic carbocycles. The van der Waals surface area contributed by atoms with E-state index in [1.807, 2.05) is 0 Å². The van der Waals surface area contributed by atoms with Crippen molar-refractivity contribution in [1.82, 2.24) is 5.32 Å². The topological polar surface area (TPSA) is 47.6 Å². The maximum absolute atomic E-state index is 11.6. The largest absolute Gasteiger partial charge is 0.484 e. The second kappa shape index (κ2) is 7.72. The molecule has 0 saturated carbocycles. The van der Waals surface area contributed by atoms with Gasteiger partial charge >= 0.3 is 0 Å². The van der Waals surface area contributed by atoms with E-state index in [-0.39, 0.29) is 18.6 Å². The minimum absolute atomic E-state index is 0.0382. The van der Waals surface area contributed by atoms with Crippen molar-refractivity contribution in [3.8, 4) is 5.75 Å². The van der Waals surface area contributed by atoms with Crippen molar-refractivity contribution in [2.24, 2.45) is 0 Å². The van der Waals surface area contributed by atoms with E-state index in [4.69, 9.17) is 32.7 Å². The van der Waals surface area contributed by atoms with Crippen LogP contribution in [0.1, 0.15) is 19.3 Å². The zero-order chi connectivity index (χ0) is 14.4. The second-order valence-corrected chi connectivity index (χ2v) is 5.45. The Morgan fingerprint density at radius 2 is 2.25 bits per heavy atom. The predicted octanol–water partition coefficient (Wildman–Crippen LogP) is 3.06. The van der Waals surface area contributed by atoms with Gasteiger partial charge in [0.25, 0.3) is 5.91 Å². The van der Waals surface area contributed by atoms with Crippen LogP contribution in [0.4, 0.5) is 0 Å². The van der Waals surface area contributed by atoms with Gasteiger partial charge in [0.05, 0.1) is 16.1 Å². The summed E-state index contributed by atoms with van der Waals surface area (Å²) in [4.78, 5) is 11.6. The zero-order valence-electron chi connectivity index (χ0n) is 11.0. The van der Waals surface area contributed by atoms with Crippen LogP contribution in [-0.4, -0.2) is 31.8 Å². The number of ether oxygens (including phenoxy) is 2. The molecule has 20 heavy (non-hydrogen) atoms. The van der Waals surface area contributed by atoms with Crippen LogP contribution in [-0.2, 0) is 9.53 Å². The lowest BCUT2D eigenvalue weighted by molar-refractivity contribution is -0.123. The number of hydrogen-bond acceptors (Lipinski definition) is 3. The zero-order valence-corrected chi connectivity index (χ0v) is 12.5. The number of halogens is 2. The summed E-state index contributed by atoms with van der Waals surface area (Å²) in [7, 11) is 0. The number of rotatable bonds is 6. The molecule has 1 unspecified atom stereocenters. The Morgan fingerprint density at radius 1 is 1.40 bits per heavy atom. The van der Waals surface area contributed by atoms with Crippen LogP contribution in [0.2, 0.25) is 10.0 Å². The number of benzene rings is 1. The molecule has 1 aliphatic rings. The van der Waals surface area contributed by atoms with Gasteiger partial charge in [-0.05, 0) is 31.4 Å². The third-order valence-corrected chi connectivity index (χ3v) is 3.81. The van der Waals surface area contributed by atoms with Gasteiger partial charge in [0.2, 0.25) is 0 Å². The summed E-state index contributed by atoms with van der Waals surface area (Å²) in [5.74, 6) is 0.364. The van der Waals surface area contributed by atoms with Gasteiger partial charge in [-0.3, -0.25) is 4.79 Å². The van der Waals surface area contributed by atoms with E-state index in [9.17, 15) is 4.79 Å². The summed E-state index contributed by atoms with van der Waals surface area (Å²) < 4.78 is 10.8. The summed E-state index contributed by atoms with van der Waals surface area (Å²) >= 11 is 11.7. The molecule has 0 bridgehead atoms. The van der Waals surface area contributed by atoms with Crippen molar-refractivity contribution >= 4 is 29.1 Å². The van der Waals surface area contributed by atoms with Gasteiger partial charge < -0.3 is 14.8 Å². The molecule has 0 spiro atoms. The third kappa shape index (κ3) is 4.85. The predicted molar refractivity (Wildman–Crippen MR) is 78.6 cm³/mol. The van der Waals surface area contributed by atoms with E-state index < -0.39 is 0 Å². The first-order valence-corrected chi connectivity index (χ1v) is 7.37. The van der Waals surface area contributed by atoms with Gasteiger partial charge in [-0.2, -0.15) is 0 Å². The molecule has 4 nitrogen and oxygen atoms in total. The van der Waals surface area contributed by atoms with E-state index in [0.29, 0.717) is 22.3 Å². The number of carbonyl (C=O) groups is 1. The van der Waals surface area contributed by atoms with Crippen molar-refractivity contribution in [2.75, 3.05) is 19.8 Å². The first-order valence-electron chi connectivity index (χ1n) is 6.61. The molecule has 1 saturated heterocycles. The van der Waals surface area contributed by atoms with Crippen molar-refractivity contribution in [2.45, 2.75) is 25.4 Å². The molecule has 1 aliphatic heterocycles. The number of amides is 1. The molecule has 1 fully saturated rings. The van der Waals surface area contributed by atoms with E-state index in [2.05, 4.69) is 5.32 Å². The molecular formula is C14H17Cl2NO3. The van der Waals surface area contributed by atoms with Crippen LogP contribution in [0.15, 0.2) is 18.2 Å². The van der Waals surface area contributed by atoms with Crippen LogP contribution in [0.5, 0.6) is 5.75 Å². The van der Waals surface area contributed by atoms with Crippen LogP contribution < -0.4 is 10.1 Å². The third-order valence-electron chi connectivity index (χ3n) is 3.07. The average molecular weight is 318 g/mol. The van der Waals surface area contributed by atoms with Crippen molar-refractivity contribution in [3.63, 3.8) is 0 Å². The lowest BCUT2D eigenvalue weighted by Gasteiger charge is -2.11. The molecule has 1 aromatic rings. The van der Waals surface area contributed by atoms with E-state index in [1.165, 1.54) is 0 Å². The highest BCUT2D eigenvalue weighted by molar-refractivity contribution is 6.42. The number of carbonyl (C=O) groups excluding carboxylic acids is 1. The van der Waals surface area contributed by atoms with E-state index in [1.54, 1.807) is 18.2 Å².